The Morgan fingerprint density at radius 3 is 2.52 bits per heavy atom. The fourth-order valence-electron chi connectivity index (χ4n) is 2.60. The summed E-state index contributed by atoms with van der Waals surface area (Å²) in [4.78, 5) is 31.1. The Kier molecular flexibility index (Phi) is 6.20. The van der Waals surface area contributed by atoms with Gasteiger partial charge < -0.3 is 5.32 Å². The largest absolute Gasteiger partial charge is 0.360 e. The molecule has 3 N–H and O–H groups in total. The van der Waals surface area contributed by atoms with Crippen LogP contribution >= 0.6 is 11.6 Å². The number of nitro groups is 1. The molecule has 9 nitrogen and oxygen atoms in total. The zero-order chi connectivity index (χ0) is 20.8. The van der Waals surface area contributed by atoms with Gasteiger partial charge in [0.15, 0.2) is 0 Å². The van der Waals surface area contributed by atoms with E-state index in [2.05, 4.69) is 26.1 Å². The van der Waals surface area contributed by atoms with E-state index in [0.29, 0.717) is 10.6 Å². The van der Waals surface area contributed by atoms with Crippen molar-refractivity contribution in [2.75, 3.05) is 10.7 Å². The first-order valence-electron chi connectivity index (χ1n) is 8.56. The molecule has 1 amide bonds. The average Bonchev–Trinajstić information content (AvgIpc) is 2.71. The molecule has 0 unspecified atom stereocenters. The number of nitrogens with one attached hydrogen (secondary N) is 3. The fraction of sp³-hybridized carbons (Fsp3) is 0.105. The molecule has 148 valence electrons. The van der Waals surface area contributed by atoms with E-state index in [9.17, 15) is 14.9 Å². The van der Waals surface area contributed by atoms with Crippen LogP contribution in [0.4, 0.5) is 17.3 Å². The maximum Gasteiger partial charge on any atom is 0.354 e. The molecule has 0 saturated heterocycles. The molecule has 0 radical (unpaired) electrons. The minimum Gasteiger partial charge on any atom is -0.360 e. The molecule has 0 fully saturated rings. The van der Waals surface area contributed by atoms with Crippen LogP contribution < -0.4 is 16.2 Å². The number of hydrogen-bond acceptors (Lipinski definition) is 7. The summed E-state index contributed by atoms with van der Waals surface area (Å²) in [7, 11) is 0. The maximum absolute atomic E-state index is 12.3. The Morgan fingerprint density at radius 1 is 1.10 bits per heavy atom. The van der Waals surface area contributed by atoms with Crippen molar-refractivity contribution in [2.24, 2.45) is 0 Å². The number of benzene rings is 2. The number of carbonyl (C=O) groups excluding carboxylic acids is 1. The fourth-order valence-corrected chi connectivity index (χ4v) is 2.81. The monoisotopic (exact) mass is 412 g/mol. The van der Waals surface area contributed by atoms with Crippen molar-refractivity contribution in [1.29, 1.82) is 0 Å². The number of halogens is 1. The summed E-state index contributed by atoms with van der Waals surface area (Å²) >= 11 is 6.11. The molecule has 29 heavy (non-hydrogen) atoms. The van der Waals surface area contributed by atoms with Crippen molar-refractivity contribution in [1.82, 2.24) is 15.4 Å². The third kappa shape index (κ3) is 4.77. The highest BCUT2D eigenvalue weighted by atomic mass is 35.5. The van der Waals surface area contributed by atoms with Gasteiger partial charge in [0.1, 0.15) is 6.33 Å². The summed E-state index contributed by atoms with van der Waals surface area (Å²) in [6.45, 7) is 2.02. The Bertz CT molecular complexity index is 1060. The van der Waals surface area contributed by atoms with Gasteiger partial charge in [0, 0.05) is 17.1 Å². The number of hydrogen-bond donors (Lipinski definition) is 3. The van der Waals surface area contributed by atoms with Crippen molar-refractivity contribution >= 4 is 34.8 Å². The predicted molar refractivity (Wildman–Crippen MR) is 110 cm³/mol. The second-order valence-corrected chi connectivity index (χ2v) is 6.42. The average molecular weight is 413 g/mol. The number of anilines is 2. The number of nitrogens with zero attached hydrogens (tertiary/aromatic N) is 3. The number of rotatable bonds is 7. The highest BCUT2D eigenvalue weighted by Gasteiger charge is 2.23. The topological polar surface area (TPSA) is 122 Å². The summed E-state index contributed by atoms with van der Waals surface area (Å²) < 4.78 is 0. The Balaban J connectivity index is 1.78. The molecule has 0 spiro atoms. The molecule has 2 aromatic carbocycles. The lowest BCUT2D eigenvalue weighted by molar-refractivity contribution is -0.383. The molecule has 1 heterocycles. The Labute approximate surface area is 171 Å². The van der Waals surface area contributed by atoms with Crippen LogP contribution in [0, 0.1) is 17.0 Å². The summed E-state index contributed by atoms with van der Waals surface area (Å²) in [5, 5.41) is 15.0. The molecular weight excluding hydrogens is 396 g/mol. The van der Waals surface area contributed by atoms with Crippen molar-refractivity contribution in [3.63, 3.8) is 0 Å². The van der Waals surface area contributed by atoms with Gasteiger partial charge in [0.2, 0.25) is 11.6 Å². The summed E-state index contributed by atoms with van der Waals surface area (Å²) in [6.07, 6.45) is 1.16. The standard InChI is InChI=1S/C19H17ClN6O3/c1-12-6-2-4-8-14(12)19(27)25-24-18-16(26(28)29)17(22-11-23-18)21-10-13-7-3-5-9-15(13)20/h2-9,11H,10H2,1H3,(H,25,27)(H2,21,22,23,24). The molecule has 1 aromatic heterocycles. The van der Waals surface area contributed by atoms with E-state index >= 15 is 0 Å². The number of carbonyl (C=O) groups is 1. The van der Waals surface area contributed by atoms with E-state index in [0.717, 1.165) is 17.5 Å². The van der Waals surface area contributed by atoms with Gasteiger partial charge in [-0.2, -0.15) is 0 Å². The van der Waals surface area contributed by atoms with Gasteiger partial charge in [-0.3, -0.25) is 25.8 Å². The molecule has 0 atom stereocenters. The first-order chi connectivity index (χ1) is 14.0. The van der Waals surface area contributed by atoms with Crippen molar-refractivity contribution in [3.05, 3.63) is 86.7 Å². The third-order valence-electron chi connectivity index (χ3n) is 4.09. The highest BCUT2D eigenvalue weighted by molar-refractivity contribution is 6.31. The number of aryl methyl sites for hydroxylation is 1. The summed E-state index contributed by atoms with van der Waals surface area (Å²) in [5.41, 5.74) is 6.50. The predicted octanol–water partition coefficient (Wildman–Crippen LogP) is 3.72. The molecule has 0 saturated carbocycles. The van der Waals surface area contributed by atoms with Crippen molar-refractivity contribution in [3.8, 4) is 0 Å². The smallest absolute Gasteiger partial charge is 0.354 e. The number of aromatic nitrogens is 2. The molecular formula is C19H17ClN6O3. The van der Waals surface area contributed by atoms with Crippen LogP contribution in [0.15, 0.2) is 54.9 Å². The molecule has 0 bridgehead atoms. The Morgan fingerprint density at radius 2 is 1.79 bits per heavy atom. The SMILES string of the molecule is Cc1ccccc1C(=O)NNc1ncnc(NCc2ccccc2Cl)c1[N+](=O)[O-]. The van der Waals surface area contributed by atoms with E-state index in [4.69, 9.17) is 11.6 Å². The van der Waals surface area contributed by atoms with Crippen LogP contribution in [0.5, 0.6) is 0 Å². The van der Waals surface area contributed by atoms with Gasteiger partial charge in [0.05, 0.1) is 4.92 Å². The van der Waals surface area contributed by atoms with Gasteiger partial charge in [-0.05, 0) is 30.2 Å². The van der Waals surface area contributed by atoms with Gasteiger partial charge >= 0.3 is 5.69 Å². The lowest BCUT2D eigenvalue weighted by Crippen LogP contribution is -2.30. The minimum absolute atomic E-state index is 0.00226. The zero-order valence-electron chi connectivity index (χ0n) is 15.3. The second-order valence-electron chi connectivity index (χ2n) is 6.02. The lowest BCUT2D eigenvalue weighted by Gasteiger charge is -2.12. The van der Waals surface area contributed by atoms with Crippen molar-refractivity contribution < 1.29 is 9.72 Å². The van der Waals surface area contributed by atoms with E-state index in [1.165, 1.54) is 0 Å². The van der Waals surface area contributed by atoms with Gasteiger partial charge in [-0.15, -0.1) is 0 Å². The van der Waals surface area contributed by atoms with Gasteiger partial charge in [-0.25, -0.2) is 9.97 Å². The molecule has 0 aliphatic rings. The molecule has 3 rings (SSSR count). The van der Waals surface area contributed by atoms with E-state index < -0.39 is 16.5 Å². The normalized spacial score (nSPS) is 10.3. The summed E-state index contributed by atoms with van der Waals surface area (Å²) in [6, 6.07) is 14.1. The van der Waals surface area contributed by atoms with E-state index in [-0.39, 0.29) is 18.2 Å². The highest BCUT2D eigenvalue weighted by Crippen LogP contribution is 2.29. The zero-order valence-corrected chi connectivity index (χ0v) is 16.1. The number of amides is 1. The Hall–Kier alpha value is -3.72. The van der Waals surface area contributed by atoms with E-state index in [1.54, 1.807) is 43.3 Å². The third-order valence-corrected chi connectivity index (χ3v) is 4.46. The van der Waals surface area contributed by atoms with Gasteiger partial charge in [0.25, 0.3) is 5.91 Å². The maximum atomic E-state index is 12.3. The first kappa shape index (κ1) is 20.0. The quantitative estimate of drug-likeness (QED) is 0.399. The van der Waals surface area contributed by atoms with E-state index in [1.807, 2.05) is 12.1 Å². The first-order valence-corrected chi connectivity index (χ1v) is 8.94. The van der Waals surface area contributed by atoms with Crippen LogP contribution in [0.1, 0.15) is 21.5 Å². The number of hydrazine groups is 1. The van der Waals surface area contributed by atoms with Crippen LogP contribution in [0.25, 0.3) is 0 Å². The van der Waals surface area contributed by atoms with Crippen LogP contribution in [0.3, 0.4) is 0 Å². The molecule has 0 aliphatic heterocycles. The summed E-state index contributed by atoms with van der Waals surface area (Å²) in [5.74, 6) is -0.590. The molecule has 0 aliphatic carbocycles. The lowest BCUT2D eigenvalue weighted by atomic mass is 10.1. The molecule has 10 heteroatoms. The van der Waals surface area contributed by atoms with Crippen molar-refractivity contribution in [2.45, 2.75) is 13.5 Å². The van der Waals surface area contributed by atoms with Crippen LogP contribution in [0.2, 0.25) is 5.02 Å². The second kappa shape index (κ2) is 8.98. The van der Waals surface area contributed by atoms with Crippen LogP contribution in [-0.4, -0.2) is 20.8 Å². The van der Waals surface area contributed by atoms with Crippen LogP contribution in [-0.2, 0) is 6.54 Å². The minimum atomic E-state index is -0.628. The van der Waals surface area contributed by atoms with Gasteiger partial charge in [-0.1, -0.05) is 48.0 Å². The molecule has 3 aromatic rings.